The van der Waals surface area contributed by atoms with E-state index < -0.39 is 0 Å². The molecule has 1 amide bonds. The van der Waals surface area contributed by atoms with Crippen LogP contribution in [0.25, 0.3) is 0 Å². The van der Waals surface area contributed by atoms with E-state index in [9.17, 15) is 4.79 Å². The topological polar surface area (TPSA) is 54.0 Å². The fourth-order valence-corrected chi connectivity index (χ4v) is 2.10. The monoisotopic (exact) mass is 337 g/mol. The second kappa shape index (κ2) is 7.47. The first-order valence-corrected chi connectivity index (χ1v) is 7.67. The molecule has 0 fully saturated rings. The van der Waals surface area contributed by atoms with Gasteiger partial charge in [-0.05, 0) is 36.2 Å². The SMILES string of the molecule is CC(C)CNc1ccnc(C(=O)Nc2cc(Cl)ccc2Cl)c1. The van der Waals surface area contributed by atoms with Gasteiger partial charge in [-0.2, -0.15) is 0 Å². The highest BCUT2D eigenvalue weighted by Gasteiger charge is 2.11. The molecule has 2 N–H and O–H groups in total. The van der Waals surface area contributed by atoms with Crippen molar-refractivity contribution in [3.63, 3.8) is 0 Å². The molecule has 1 aromatic carbocycles. The second-order valence-electron chi connectivity index (χ2n) is 5.28. The molecule has 1 heterocycles. The Kier molecular flexibility index (Phi) is 5.63. The predicted molar refractivity (Wildman–Crippen MR) is 92.0 cm³/mol. The number of hydrogen-bond donors (Lipinski definition) is 2. The van der Waals surface area contributed by atoms with Gasteiger partial charge in [0.1, 0.15) is 5.69 Å². The molecule has 4 nitrogen and oxygen atoms in total. The number of aromatic nitrogens is 1. The van der Waals surface area contributed by atoms with E-state index >= 15 is 0 Å². The summed E-state index contributed by atoms with van der Waals surface area (Å²) in [5.74, 6) is 0.174. The highest BCUT2D eigenvalue weighted by atomic mass is 35.5. The predicted octanol–water partition coefficient (Wildman–Crippen LogP) is 4.71. The lowest BCUT2D eigenvalue weighted by molar-refractivity contribution is 0.102. The number of nitrogens with one attached hydrogen (secondary N) is 2. The molecule has 0 saturated heterocycles. The molecule has 0 aliphatic carbocycles. The van der Waals surface area contributed by atoms with E-state index in [0.29, 0.717) is 27.3 Å². The molecule has 0 aliphatic rings. The third kappa shape index (κ3) is 4.61. The lowest BCUT2D eigenvalue weighted by Gasteiger charge is -2.11. The molecule has 2 aromatic rings. The summed E-state index contributed by atoms with van der Waals surface area (Å²) in [5.41, 5.74) is 1.62. The Balaban J connectivity index is 2.12. The summed E-state index contributed by atoms with van der Waals surface area (Å²) >= 11 is 11.9. The minimum absolute atomic E-state index is 0.310. The van der Waals surface area contributed by atoms with Crippen LogP contribution in [0.1, 0.15) is 24.3 Å². The lowest BCUT2D eigenvalue weighted by Crippen LogP contribution is -2.15. The van der Waals surface area contributed by atoms with E-state index in [0.717, 1.165) is 12.2 Å². The minimum Gasteiger partial charge on any atom is -0.385 e. The quantitative estimate of drug-likeness (QED) is 0.830. The fraction of sp³-hybridized carbons (Fsp3) is 0.250. The smallest absolute Gasteiger partial charge is 0.274 e. The van der Waals surface area contributed by atoms with Crippen molar-refractivity contribution >= 4 is 40.5 Å². The first-order valence-electron chi connectivity index (χ1n) is 6.92. The molecule has 0 spiro atoms. The van der Waals surface area contributed by atoms with Crippen molar-refractivity contribution in [3.8, 4) is 0 Å². The molecule has 0 atom stereocenters. The molecule has 0 unspecified atom stereocenters. The summed E-state index contributed by atoms with van der Waals surface area (Å²) < 4.78 is 0. The van der Waals surface area contributed by atoms with Crippen LogP contribution in [0, 0.1) is 5.92 Å². The van der Waals surface area contributed by atoms with Crippen molar-refractivity contribution in [3.05, 3.63) is 52.3 Å². The van der Waals surface area contributed by atoms with Crippen LogP contribution in [0.3, 0.4) is 0 Å². The molecular weight excluding hydrogens is 321 g/mol. The van der Waals surface area contributed by atoms with Crippen LogP contribution >= 0.6 is 23.2 Å². The summed E-state index contributed by atoms with van der Waals surface area (Å²) in [7, 11) is 0. The van der Waals surface area contributed by atoms with Gasteiger partial charge >= 0.3 is 0 Å². The zero-order chi connectivity index (χ0) is 16.1. The van der Waals surface area contributed by atoms with E-state index in [1.807, 2.05) is 6.07 Å². The maximum absolute atomic E-state index is 12.3. The van der Waals surface area contributed by atoms with Gasteiger partial charge in [-0.1, -0.05) is 37.0 Å². The number of pyridine rings is 1. The van der Waals surface area contributed by atoms with Crippen LogP contribution in [0.5, 0.6) is 0 Å². The number of halogens is 2. The lowest BCUT2D eigenvalue weighted by atomic mass is 10.2. The number of rotatable bonds is 5. The summed E-state index contributed by atoms with van der Waals surface area (Å²) in [4.78, 5) is 16.4. The molecule has 22 heavy (non-hydrogen) atoms. The largest absolute Gasteiger partial charge is 0.385 e. The van der Waals surface area contributed by atoms with Crippen LogP contribution in [0.15, 0.2) is 36.5 Å². The normalized spacial score (nSPS) is 10.6. The Labute approximate surface area is 139 Å². The van der Waals surface area contributed by atoms with Crippen LogP contribution in [0.2, 0.25) is 10.0 Å². The van der Waals surface area contributed by atoms with Gasteiger partial charge in [0, 0.05) is 23.5 Å². The summed E-state index contributed by atoms with van der Waals surface area (Å²) in [5, 5.41) is 6.89. The summed E-state index contributed by atoms with van der Waals surface area (Å²) in [6.45, 7) is 5.05. The Bertz CT molecular complexity index is 674. The molecule has 0 saturated carbocycles. The van der Waals surface area contributed by atoms with Gasteiger partial charge in [0.2, 0.25) is 0 Å². The van der Waals surface area contributed by atoms with Gasteiger partial charge in [0.25, 0.3) is 5.91 Å². The highest BCUT2D eigenvalue weighted by Crippen LogP contribution is 2.25. The number of carbonyl (C=O) groups excluding carboxylic acids is 1. The number of amides is 1. The van der Waals surface area contributed by atoms with E-state index in [2.05, 4.69) is 29.5 Å². The van der Waals surface area contributed by atoms with Crippen LogP contribution < -0.4 is 10.6 Å². The Morgan fingerprint density at radius 3 is 2.73 bits per heavy atom. The highest BCUT2D eigenvalue weighted by molar-refractivity contribution is 6.35. The molecule has 2 rings (SSSR count). The molecule has 1 aromatic heterocycles. The molecule has 6 heteroatoms. The van der Waals surface area contributed by atoms with Gasteiger partial charge in [-0.3, -0.25) is 9.78 Å². The van der Waals surface area contributed by atoms with Crippen molar-refractivity contribution in [2.45, 2.75) is 13.8 Å². The van der Waals surface area contributed by atoms with Gasteiger partial charge in [-0.15, -0.1) is 0 Å². The summed E-state index contributed by atoms with van der Waals surface area (Å²) in [6.07, 6.45) is 1.59. The maximum Gasteiger partial charge on any atom is 0.274 e. The average molecular weight is 338 g/mol. The average Bonchev–Trinajstić information content (AvgIpc) is 2.49. The zero-order valence-electron chi connectivity index (χ0n) is 12.4. The third-order valence-corrected chi connectivity index (χ3v) is 3.45. The van der Waals surface area contributed by atoms with Gasteiger partial charge in [-0.25, -0.2) is 0 Å². The van der Waals surface area contributed by atoms with Crippen molar-refractivity contribution in [1.29, 1.82) is 0 Å². The Morgan fingerprint density at radius 1 is 1.23 bits per heavy atom. The standard InChI is InChI=1S/C16H17Cl2N3O/c1-10(2)9-20-12-5-6-19-15(8-12)16(22)21-14-7-11(17)3-4-13(14)18/h3-8,10H,9H2,1-2H3,(H,19,20)(H,21,22). The van der Waals surface area contributed by atoms with E-state index in [1.165, 1.54) is 0 Å². The Hall–Kier alpha value is -1.78. The Morgan fingerprint density at radius 2 is 2.00 bits per heavy atom. The number of hydrogen-bond acceptors (Lipinski definition) is 3. The number of carbonyl (C=O) groups is 1. The van der Waals surface area contributed by atoms with Crippen molar-refractivity contribution in [2.75, 3.05) is 17.2 Å². The van der Waals surface area contributed by atoms with E-state index in [-0.39, 0.29) is 5.91 Å². The minimum atomic E-state index is -0.336. The van der Waals surface area contributed by atoms with Crippen LogP contribution in [-0.2, 0) is 0 Å². The molecule has 0 aliphatic heterocycles. The van der Waals surface area contributed by atoms with Gasteiger partial charge < -0.3 is 10.6 Å². The maximum atomic E-state index is 12.3. The molecule has 0 radical (unpaired) electrons. The van der Waals surface area contributed by atoms with Crippen molar-refractivity contribution in [1.82, 2.24) is 4.98 Å². The number of benzene rings is 1. The van der Waals surface area contributed by atoms with Crippen LogP contribution in [0.4, 0.5) is 11.4 Å². The number of anilines is 2. The van der Waals surface area contributed by atoms with Crippen molar-refractivity contribution in [2.24, 2.45) is 5.92 Å². The molecule has 0 bridgehead atoms. The first kappa shape index (κ1) is 16.6. The van der Waals surface area contributed by atoms with Gasteiger partial charge in [0.05, 0.1) is 10.7 Å². The van der Waals surface area contributed by atoms with Crippen LogP contribution in [-0.4, -0.2) is 17.4 Å². The second-order valence-corrected chi connectivity index (χ2v) is 6.13. The zero-order valence-corrected chi connectivity index (χ0v) is 13.9. The molecular formula is C16H17Cl2N3O. The third-order valence-electron chi connectivity index (χ3n) is 2.88. The molecule has 116 valence electrons. The number of nitrogens with zero attached hydrogens (tertiary/aromatic N) is 1. The summed E-state index contributed by atoms with van der Waals surface area (Å²) in [6, 6.07) is 8.42. The fourth-order valence-electron chi connectivity index (χ4n) is 1.77. The first-order chi connectivity index (χ1) is 10.5. The van der Waals surface area contributed by atoms with E-state index in [4.69, 9.17) is 23.2 Å². The van der Waals surface area contributed by atoms with E-state index in [1.54, 1.807) is 30.5 Å². The van der Waals surface area contributed by atoms with Gasteiger partial charge in [0.15, 0.2) is 0 Å². The van der Waals surface area contributed by atoms with Crippen molar-refractivity contribution < 1.29 is 4.79 Å².